The van der Waals surface area contributed by atoms with E-state index in [-0.39, 0.29) is 6.04 Å². The standard InChI is InChI=1S/C15H24ClNO2S/c1-5-10-17-14(15(2,3)20(4,18)19)11-12-8-6-7-9-13(12)16/h6-9,14,17H,5,10-11H2,1-4H3. The van der Waals surface area contributed by atoms with Crippen molar-refractivity contribution in [2.75, 3.05) is 12.8 Å². The molecule has 0 saturated carbocycles. The minimum absolute atomic E-state index is 0.169. The maximum Gasteiger partial charge on any atom is 0.154 e. The van der Waals surface area contributed by atoms with Gasteiger partial charge in [-0.25, -0.2) is 8.42 Å². The van der Waals surface area contributed by atoms with Gasteiger partial charge in [0, 0.05) is 17.3 Å². The smallest absolute Gasteiger partial charge is 0.154 e. The Hall–Kier alpha value is -0.580. The predicted molar refractivity (Wildman–Crippen MR) is 86.2 cm³/mol. The van der Waals surface area contributed by atoms with Crippen LogP contribution in [-0.4, -0.2) is 32.0 Å². The van der Waals surface area contributed by atoms with Gasteiger partial charge >= 0.3 is 0 Å². The quantitative estimate of drug-likeness (QED) is 0.840. The highest BCUT2D eigenvalue weighted by Crippen LogP contribution is 2.26. The highest BCUT2D eigenvalue weighted by atomic mass is 35.5. The van der Waals surface area contributed by atoms with E-state index in [4.69, 9.17) is 11.6 Å². The summed E-state index contributed by atoms with van der Waals surface area (Å²) in [4.78, 5) is 0. The van der Waals surface area contributed by atoms with E-state index < -0.39 is 14.6 Å². The Labute approximate surface area is 127 Å². The van der Waals surface area contributed by atoms with Crippen LogP contribution in [0.25, 0.3) is 0 Å². The second-order valence-corrected chi connectivity index (χ2v) is 8.68. The number of benzene rings is 1. The molecule has 0 fully saturated rings. The molecule has 1 aromatic carbocycles. The molecule has 1 rings (SSSR count). The molecule has 0 amide bonds. The SMILES string of the molecule is CCCNC(Cc1ccccc1Cl)C(C)(C)S(C)(=O)=O. The number of nitrogens with one attached hydrogen (secondary N) is 1. The van der Waals surface area contributed by atoms with E-state index in [1.165, 1.54) is 6.26 Å². The van der Waals surface area contributed by atoms with Crippen molar-refractivity contribution in [1.29, 1.82) is 0 Å². The third-order valence-electron chi connectivity index (χ3n) is 3.82. The van der Waals surface area contributed by atoms with Gasteiger partial charge in [0.1, 0.15) is 0 Å². The molecule has 0 aromatic heterocycles. The third-order valence-corrected chi connectivity index (χ3v) is 6.38. The van der Waals surface area contributed by atoms with Gasteiger partial charge in [-0.3, -0.25) is 0 Å². The van der Waals surface area contributed by atoms with Crippen molar-refractivity contribution in [3.05, 3.63) is 34.9 Å². The van der Waals surface area contributed by atoms with E-state index in [2.05, 4.69) is 12.2 Å². The molecule has 0 aliphatic carbocycles. The summed E-state index contributed by atoms with van der Waals surface area (Å²) in [5, 5.41) is 4.03. The second-order valence-electron chi connectivity index (χ2n) is 5.68. The van der Waals surface area contributed by atoms with Gasteiger partial charge in [-0.05, 0) is 44.9 Å². The van der Waals surface area contributed by atoms with Crippen molar-refractivity contribution in [3.8, 4) is 0 Å². The van der Waals surface area contributed by atoms with Gasteiger partial charge in [0.25, 0.3) is 0 Å². The van der Waals surface area contributed by atoms with Crippen molar-refractivity contribution >= 4 is 21.4 Å². The summed E-state index contributed by atoms with van der Waals surface area (Å²) in [6, 6.07) is 7.41. The Morgan fingerprint density at radius 3 is 2.40 bits per heavy atom. The van der Waals surface area contributed by atoms with Crippen LogP contribution in [0.2, 0.25) is 5.02 Å². The molecule has 0 radical (unpaired) electrons. The van der Waals surface area contributed by atoms with Crippen LogP contribution in [0.1, 0.15) is 32.8 Å². The van der Waals surface area contributed by atoms with Gasteiger partial charge in [-0.2, -0.15) is 0 Å². The molecule has 0 heterocycles. The average Bonchev–Trinajstić information content (AvgIpc) is 2.35. The summed E-state index contributed by atoms with van der Waals surface area (Å²) >= 11 is 6.19. The lowest BCUT2D eigenvalue weighted by Gasteiger charge is -2.34. The first-order valence-corrected chi connectivity index (χ1v) is 9.13. The normalized spacial score (nSPS) is 14.2. The largest absolute Gasteiger partial charge is 0.312 e. The van der Waals surface area contributed by atoms with Gasteiger partial charge in [-0.1, -0.05) is 36.7 Å². The highest BCUT2D eigenvalue weighted by molar-refractivity contribution is 7.92. The number of hydrogen-bond donors (Lipinski definition) is 1. The number of halogens is 1. The molecular weight excluding hydrogens is 294 g/mol. The zero-order valence-corrected chi connectivity index (χ0v) is 14.2. The average molecular weight is 318 g/mol. The van der Waals surface area contributed by atoms with Crippen LogP contribution in [-0.2, 0) is 16.3 Å². The molecule has 0 aliphatic rings. The van der Waals surface area contributed by atoms with Crippen molar-refractivity contribution < 1.29 is 8.42 Å². The lowest BCUT2D eigenvalue weighted by atomic mass is 9.95. The molecule has 0 bridgehead atoms. The third kappa shape index (κ3) is 4.21. The molecule has 1 unspecified atom stereocenters. The van der Waals surface area contributed by atoms with Crippen LogP contribution in [0.5, 0.6) is 0 Å². The van der Waals surface area contributed by atoms with Gasteiger partial charge in [0.2, 0.25) is 0 Å². The fourth-order valence-electron chi connectivity index (χ4n) is 2.02. The summed E-state index contributed by atoms with van der Waals surface area (Å²) in [5.74, 6) is 0. The van der Waals surface area contributed by atoms with Crippen molar-refractivity contribution in [3.63, 3.8) is 0 Å². The van der Waals surface area contributed by atoms with E-state index in [9.17, 15) is 8.42 Å². The van der Waals surface area contributed by atoms with Crippen molar-refractivity contribution in [2.45, 2.75) is 44.4 Å². The lowest BCUT2D eigenvalue weighted by molar-refractivity contribution is 0.406. The molecule has 0 spiro atoms. The molecule has 0 aliphatic heterocycles. The van der Waals surface area contributed by atoms with E-state index in [1.807, 2.05) is 24.3 Å². The van der Waals surface area contributed by atoms with Gasteiger partial charge < -0.3 is 5.32 Å². The fraction of sp³-hybridized carbons (Fsp3) is 0.600. The van der Waals surface area contributed by atoms with E-state index in [0.717, 1.165) is 18.5 Å². The van der Waals surface area contributed by atoms with Crippen LogP contribution < -0.4 is 5.32 Å². The number of sulfone groups is 1. The van der Waals surface area contributed by atoms with Crippen LogP contribution in [0.3, 0.4) is 0 Å². The van der Waals surface area contributed by atoms with E-state index in [1.54, 1.807) is 13.8 Å². The highest BCUT2D eigenvalue weighted by Gasteiger charge is 2.38. The predicted octanol–water partition coefficient (Wildman–Crippen LogP) is 3.07. The molecule has 0 saturated heterocycles. The summed E-state index contributed by atoms with van der Waals surface area (Å²) in [5.41, 5.74) is 0.972. The summed E-state index contributed by atoms with van der Waals surface area (Å²) in [6.07, 6.45) is 2.85. The molecule has 5 heteroatoms. The zero-order chi connectivity index (χ0) is 15.4. The van der Waals surface area contributed by atoms with Gasteiger partial charge in [0.05, 0.1) is 4.75 Å². The van der Waals surface area contributed by atoms with Crippen LogP contribution in [0, 0.1) is 0 Å². The monoisotopic (exact) mass is 317 g/mol. The number of hydrogen-bond acceptors (Lipinski definition) is 3. The minimum Gasteiger partial charge on any atom is -0.312 e. The maximum atomic E-state index is 12.1. The Morgan fingerprint density at radius 2 is 1.90 bits per heavy atom. The van der Waals surface area contributed by atoms with E-state index >= 15 is 0 Å². The minimum atomic E-state index is -3.17. The molecule has 1 N–H and O–H groups in total. The fourth-order valence-corrected chi connectivity index (χ4v) is 2.92. The second kappa shape index (κ2) is 6.92. The first-order chi connectivity index (χ1) is 9.20. The molecular formula is C15H24ClNO2S. The Kier molecular flexibility index (Phi) is 6.05. The number of rotatable bonds is 7. The molecule has 1 aromatic rings. The maximum absolute atomic E-state index is 12.1. The zero-order valence-electron chi connectivity index (χ0n) is 12.6. The molecule has 1 atom stereocenters. The first kappa shape index (κ1) is 17.5. The summed E-state index contributed by atoms with van der Waals surface area (Å²) in [6.45, 7) is 6.39. The van der Waals surface area contributed by atoms with Gasteiger partial charge in [-0.15, -0.1) is 0 Å². The topological polar surface area (TPSA) is 46.2 Å². The Balaban J connectivity index is 3.05. The summed E-state index contributed by atoms with van der Waals surface area (Å²) < 4.78 is 23.3. The van der Waals surface area contributed by atoms with Crippen LogP contribution >= 0.6 is 11.6 Å². The molecule has 3 nitrogen and oxygen atoms in total. The molecule has 114 valence electrons. The van der Waals surface area contributed by atoms with Gasteiger partial charge in [0.15, 0.2) is 9.84 Å². The molecule has 20 heavy (non-hydrogen) atoms. The van der Waals surface area contributed by atoms with Crippen molar-refractivity contribution in [2.24, 2.45) is 0 Å². The summed E-state index contributed by atoms with van der Waals surface area (Å²) in [7, 11) is -3.17. The first-order valence-electron chi connectivity index (χ1n) is 6.86. The Morgan fingerprint density at radius 1 is 1.30 bits per heavy atom. The van der Waals surface area contributed by atoms with Crippen LogP contribution in [0.15, 0.2) is 24.3 Å². The van der Waals surface area contributed by atoms with Crippen LogP contribution in [0.4, 0.5) is 0 Å². The Bertz CT molecular complexity index is 541. The van der Waals surface area contributed by atoms with Crippen molar-refractivity contribution in [1.82, 2.24) is 5.32 Å². The lowest BCUT2D eigenvalue weighted by Crippen LogP contribution is -2.52. The van der Waals surface area contributed by atoms with E-state index in [0.29, 0.717) is 11.4 Å².